The lowest BCUT2D eigenvalue weighted by Gasteiger charge is -2.36. The van der Waals surface area contributed by atoms with E-state index >= 15 is 0 Å². The second-order valence-corrected chi connectivity index (χ2v) is 8.41. The summed E-state index contributed by atoms with van der Waals surface area (Å²) in [5.41, 5.74) is 2.47. The zero-order valence-corrected chi connectivity index (χ0v) is 19.1. The zero-order valence-electron chi connectivity index (χ0n) is 19.1. The van der Waals surface area contributed by atoms with Crippen LogP contribution in [0.25, 0.3) is 11.0 Å². The van der Waals surface area contributed by atoms with Crippen molar-refractivity contribution in [3.8, 4) is 0 Å². The molecule has 5 rings (SSSR count). The summed E-state index contributed by atoms with van der Waals surface area (Å²) in [6.07, 6.45) is 3.49. The Morgan fingerprint density at radius 3 is 2.26 bits per heavy atom. The Bertz CT molecular complexity index is 1300. The molecular weight excluding hydrogens is 452 g/mol. The Hall–Kier alpha value is -4.08. The van der Waals surface area contributed by atoms with Crippen molar-refractivity contribution in [1.82, 2.24) is 25.1 Å². The van der Waals surface area contributed by atoms with Gasteiger partial charge in [-0.1, -0.05) is 12.1 Å². The number of nitrogens with zero attached hydrogens (tertiary/aromatic N) is 6. The maximum Gasteiger partial charge on any atom is 0.224 e. The van der Waals surface area contributed by atoms with Crippen molar-refractivity contribution in [2.75, 3.05) is 42.5 Å². The van der Waals surface area contributed by atoms with Gasteiger partial charge in [0, 0.05) is 38.4 Å². The van der Waals surface area contributed by atoms with E-state index in [0.29, 0.717) is 18.7 Å². The molecule has 1 fully saturated rings. The third kappa shape index (κ3) is 5.21. The van der Waals surface area contributed by atoms with Crippen molar-refractivity contribution in [1.29, 1.82) is 0 Å². The lowest BCUT2D eigenvalue weighted by atomic mass is 10.1. The topological polar surface area (TPSA) is 79.2 Å². The van der Waals surface area contributed by atoms with Crippen molar-refractivity contribution >= 4 is 28.4 Å². The molecule has 0 radical (unpaired) electrons. The highest BCUT2D eigenvalue weighted by molar-refractivity contribution is 5.86. The molecule has 35 heavy (non-hydrogen) atoms. The van der Waals surface area contributed by atoms with E-state index in [1.54, 1.807) is 35.1 Å². The van der Waals surface area contributed by atoms with E-state index < -0.39 is 0 Å². The van der Waals surface area contributed by atoms with E-state index in [9.17, 15) is 13.6 Å². The van der Waals surface area contributed by atoms with Gasteiger partial charge in [0.2, 0.25) is 5.91 Å². The minimum absolute atomic E-state index is 0.137. The van der Waals surface area contributed by atoms with Crippen molar-refractivity contribution < 1.29 is 13.6 Å². The molecule has 1 aliphatic heterocycles. The molecule has 1 aliphatic rings. The third-order valence-corrected chi connectivity index (χ3v) is 6.11. The smallest absolute Gasteiger partial charge is 0.224 e. The first-order valence-corrected chi connectivity index (χ1v) is 11.5. The Morgan fingerprint density at radius 2 is 1.54 bits per heavy atom. The standard InChI is InChI=1S/C25H25F2N7O/c26-19-3-1-18(2-4-19)15-23(35)28-9-10-34-25-22(16-31-34)24(29-17-30-25)33-13-11-32(12-14-33)21-7-5-20(27)6-8-21/h1-8,16-17H,9-15H2,(H,28,35). The number of carbonyl (C=O) groups excluding carboxylic acids is 1. The number of aromatic nitrogens is 4. The van der Waals surface area contributed by atoms with Crippen LogP contribution < -0.4 is 15.1 Å². The first kappa shape index (κ1) is 22.7. The maximum absolute atomic E-state index is 13.2. The van der Waals surface area contributed by atoms with Crippen LogP contribution in [0.2, 0.25) is 0 Å². The highest BCUT2D eigenvalue weighted by Crippen LogP contribution is 2.25. The summed E-state index contributed by atoms with van der Waals surface area (Å²) >= 11 is 0. The molecule has 8 nitrogen and oxygen atoms in total. The molecule has 1 amide bonds. The van der Waals surface area contributed by atoms with E-state index in [-0.39, 0.29) is 24.0 Å². The number of fused-ring (bicyclic) bond motifs is 1. The van der Waals surface area contributed by atoms with Gasteiger partial charge in [-0.25, -0.2) is 23.4 Å². The van der Waals surface area contributed by atoms with Gasteiger partial charge in [-0.15, -0.1) is 0 Å². The second-order valence-electron chi connectivity index (χ2n) is 8.41. The summed E-state index contributed by atoms with van der Waals surface area (Å²) in [6.45, 7) is 4.00. The van der Waals surface area contributed by atoms with Crippen LogP contribution in [0, 0.1) is 11.6 Å². The molecule has 0 saturated carbocycles. The highest BCUT2D eigenvalue weighted by atomic mass is 19.1. The second kappa shape index (κ2) is 10.0. The number of anilines is 2. The van der Waals surface area contributed by atoms with Crippen molar-refractivity contribution in [2.45, 2.75) is 13.0 Å². The average molecular weight is 478 g/mol. The van der Waals surface area contributed by atoms with Gasteiger partial charge in [0.05, 0.1) is 24.5 Å². The third-order valence-electron chi connectivity index (χ3n) is 6.11. The number of hydrogen-bond acceptors (Lipinski definition) is 6. The molecular formula is C25H25F2N7O. The first-order valence-electron chi connectivity index (χ1n) is 11.5. The Labute approximate surface area is 201 Å². The van der Waals surface area contributed by atoms with Crippen LogP contribution >= 0.6 is 0 Å². The summed E-state index contributed by atoms with van der Waals surface area (Å²) in [6, 6.07) is 12.5. The normalized spacial score (nSPS) is 13.9. The van der Waals surface area contributed by atoms with E-state index in [1.165, 1.54) is 30.6 Å². The molecule has 0 bridgehead atoms. The molecule has 180 valence electrons. The Balaban J connectivity index is 1.19. The molecule has 0 atom stereocenters. The van der Waals surface area contributed by atoms with Crippen LogP contribution in [0.1, 0.15) is 5.56 Å². The van der Waals surface area contributed by atoms with Gasteiger partial charge in [0.15, 0.2) is 5.65 Å². The van der Waals surface area contributed by atoms with Crippen molar-refractivity contribution in [3.05, 3.63) is 78.3 Å². The molecule has 4 aromatic rings. The molecule has 1 N–H and O–H groups in total. The van der Waals surface area contributed by atoms with E-state index in [2.05, 4.69) is 30.2 Å². The number of halogens is 2. The quantitative estimate of drug-likeness (QED) is 0.441. The van der Waals surface area contributed by atoms with Gasteiger partial charge in [0.1, 0.15) is 23.8 Å². The largest absolute Gasteiger partial charge is 0.368 e. The van der Waals surface area contributed by atoms with Gasteiger partial charge < -0.3 is 15.1 Å². The fraction of sp³-hybridized carbons (Fsp3) is 0.280. The molecule has 2 aromatic carbocycles. The lowest BCUT2D eigenvalue weighted by molar-refractivity contribution is -0.120. The van der Waals surface area contributed by atoms with Crippen LogP contribution in [0.15, 0.2) is 61.1 Å². The molecule has 10 heteroatoms. The SMILES string of the molecule is O=C(Cc1ccc(F)cc1)NCCn1ncc2c(N3CCN(c4ccc(F)cc4)CC3)ncnc21. The van der Waals surface area contributed by atoms with Crippen LogP contribution in [-0.2, 0) is 17.8 Å². The number of benzene rings is 2. The minimum Gasteiger partial charge on any atom is -0.368 e. The van der Waals surface area contributed by atoms with E-state index in [0.717, 1.165) is 48.6 Å². The summed E-state index contributed by atoms with van der Waals surface area (Å²) in [7, 11) is 0. The predicted octanol–water partition coefficient (Wildman–Crippen LogP) is 2.79. The Morgan fingerprint density at radius 1 is 0.886 bits per heavy atom. The average Bonchev–Trinajstić information content (AvgIpc) is 3.29. The number of nitrogens with one attached hydrogen (secondary N) is 1. The van der Waals surface area contributed by atoms with Gasteiger partial charge in [-0.3, -0.25) is 4.79 Å². The number of amides is 1. The minimum atomic E-state index is -0.323. The fourth-order valence-corrected chi connectivity index (χ4v) is 4.28. The van der Waals surface area contributed by atoms with Crippen LogP contribution in [-0.4, -0.2) is 58.4 Å². The zero-order chi connectivity index (χ0) is 24.2. The van der Waals surface area contributed by atoms with Gasteiger partial charge in [0.25, 0.3) is 0 Å². The van der Waals surface area contributed by atoms with Gasteiger partial charge in [-0.05, 0) is 42.0 Å². The molecule has 3 heterocycles. The monoisotopic (exact) mass is 477 g/mol. The first-order chi connectivity index (χ1) is 17.1. The maximum atomic E-state index is 13.2. The van der Waals surface area contributed by atoms with Gasteiger partial charge in [-0.2, -0.15) is 5.10 Å². The lowest BCUT2D eigenvalue weighted by Crippen LogP contribution is -2.46. The number of hydrogen-bond donors (Lipinski definition) is 1. The number of rotatable bonds is 7. The number of piperazine rings is 1. The molecule has 0 aliphatic carbocycles. The molecule has 1 saturated heterocycles. The van der Waals surface area contributed by atoms with Crippen molar-refractivity contribution in [3.63, 3.8) is 0 Å². The highest BCUT2D eigenvalue weighted by Gasteiger charge is 2.21. The van der Waals surface area contributed by atoms with E-state index in [1.807, 2.05) is 0 Å². The predicted molar refractivity (Wildman–Crippen MR) is 129 cm³/mol. The summed E-state index contributed by atoms with van der Waals surface area (Å²) in [5.74, 6) is 0.138. The fourth-order valence-electron chi connectivity index (χ4n) is 4.28. The van der Waals surface area contributed by atoms with Gasteiger partial charge >= 0.3 is 0 Å². The molecule has 2 aromatic heterocycles. The van der Waals surface area contributed by atoms with Crippen LogP contribution in [0.3, 0.4) is 0 Å². The number of carbonyl (C=O) groups is 1. The summed E-state index contributed by atoms with van der Waals surface area (Å²) in [5, 5.41) is 8.20. The van der Waals surface area contributed by atoms with Crippen LogP contribution in [0.5, 0.6) is 0 Å². The van der Waals surface area contributed by atoms with Crippen LogP contribution in [0.4, 0.5) is 20.3 Å². The Kier molecular flexibility index (Phi) is 6.51. The van der Waals surface area contributed by atoms with E-state index in [4.69, 9.17) is 0 Å². The summed E-state index contributed by atoms with van der Waals surface area (Å²) in [4.78, 5) is 25.6. The summed E-state index contributed by atoms with van der Waals surface area (Å²) < 4.78 is 28.0. The molecule has 0 spiro atoms. The van der Waals surface area contributed by atoms with Crippen molar-refractivity contribution in [2.24, 2.45) is 0 Å². The molecule has 0 unspecified atom stereocenters.